The largest absolute Gasteiger partial charge is 0.278 e. The van der Waals surface area contributed by atoms with Crippen LogP contribution in [0.15, 0.2) is 218 Å². The van der Waals surface area contributed by atoms with E-state index in [1.165, 1.54) is 49.9 Å². The molecular formula is C58H36N4. The van der Waals surface area contributed by atoms with Crippen LogP contribution in [0.4, 0.5) is 0 Å². The lowest BCUT2D eigenvalue weighted by molar-refractivity contribution is 0.794. The van der Waals surface area contributed by atoms with Gasteiger partial charge in [0.2, 0.25) is 5.95 Å². The van der Waals surface area contributed by atoms with Gasteiger partial charge in [0.25, 0.3) is 0 Å². The van der Waals surface area contributed by atoms with Crippen LogP contribution >= 0.6 is 0 Å². The molecule has 0 bridgehead atoms. The molecule has 0 fully saturated rings. The van der Waals surface area contributed by atoms with Gasteiger partial charge in [0, 0.05) is 21.9 Å². The first-order valence-electron chi connectivity index (χ1n) is 21.2. The molecule has 0 aliphatic heterocycles. The first-order chi connectivity index (χ1) is 30.8. The Hall–Kier alpha value is -8.21. The second-order valence-electron chi connectivity index (χ2n) is 16.2. The van der Waals surface area contributed by atoms with E-state index in [2.05, 4.69) is 223 Å². The molecule has 9 aromatic carbocycles. The monoisotopic (exact) mass is 788 g/mol. The summed E-state index contributed by atoms with van der Waals surface area (Å²) < 4.78 is 2.26. The first-order valence-corrected chi connectivity index (χ1v) is 21.2. The molecule has 2 heterocycles. The maximum atomic E-state index is 5.47. The van der Waals surface area contributed by atoms with Gasteiger partial charge in [-0.1, -0.05) is 206 Å². The topological polar surface area (TPSA) is 43.6 Å². The highest BCUT2D eigenvalue weighted by Crippen LogP contribution is 2.64. The number of aromatic nitrogens is 4. The standard InChI is InChI=1S/C58H36N4/c1-3-19-37(20-4-1)39-23-7-9-27-43(39)55-59-56(44-28-10-8-24-40(44)38-21-5-2-6-22-38)61-57(60-55)62-51-34-18-14-30-46(51)54-52(62)36-35-50-53(54)45-29-13-17-33-49(45)58(50)47-31-15-11-25-41(47)42-26-12-16-32-48(42)58/h1-36H. The summed E-state index contributed by atoms with van der Waals surface area (Å²) in [6.07, 6.45) is 0. The fraction of sp³-hybridized carbons (Fsp3) is 0.0172. The van der Waals surface area contributed by atoms with E-state index in [9.17, 15) is 0 Å². The predicted octanol–water partition coefficient (Wildman–Crippen LogP) is 14.0. The average Bonchev–Trinajstić information content (AvgIpc) is 3.96. The number of hydrogen-bond acceptors (Lipinski definition) is 3. The van der Waals surface area contributed by atoms with Gasteiger partial charge in [-0.05, 0) is 78.9 Å². The summed E-state index contributed by atoms with van der Waals surface area (Å²) in [7, 11) is 0. The van der Waals surface area contributed by atoms with Crippen molar-refractivity contribution in [3.8, 4) is 73.2 Å². The third kappa shape index (κ3) is 4.80. The number of benzene rings is 9. The van der Waals surface area contributed by atoms with Gasteiger partial charge in [-0.25, -0.2) is 4.98 Å². The van der Waals surface area contributed by atoms with Crippen molar-refractivity contribution in [2.45, 2.75) is 5.41 Å². The maximum Gasteiger partial charge on any atom is 0.238 e. The Morgan fingerprint density at radius 2 is 0.742 bits per heavy atom. The molecule has 2 aliphatic carbocycles. The fourth-order valence-corrected chi connectivity index (χ4v) is 10.7. The Morgan fingerprint density at radius 3 is 1.31 bits per heavy atom. The molecule has 0 saturated heterocycles. The highest BCUT2D eigenvalue weighted by atomic mass is 15.2. The Balaban J connectivity index is 1.13. The third-order valence-electron chi connectivity index (χ3n) is 13.1. The second kappa shape index (κ2) is 13.4. The van der Waals surface area contributed by atoms with Crippen LogP contribution in [0.2, 0.25) is 0 Å². The smallest absolute Gasteiger partial charge is 0.238 e. The van der Waals surface area contributed by atoms with Crippen LogP contribution in [0.1, 0.15) is 22.3 Å². The van der Waals surface area contributed by atoms with Gasteiger partial charge in [0.1, 0.15) is 0 Å². The average molecular weight is 789 g/mol. The van der Waals surface area contributed by atoms with Crippen molar-refractivity contribution in [3.63, 3.8) is 0 Å². The fourth-order valence-electron chi connectivity index (χ4n) is 10.7. The highest BCUT2D eigenvalue weighted by molar-refractivity contribution is 6.18. The minimum atomic E-state index is -0.452. The molecule has 0 saturated carbocycles. The number of rotatable bonds is 5. The van der Waals surface area contributed by atoms with Crippen molar-refractivity contribution >= 4 is 21.8 Å². The van der Waals surface area contributed by atoms with Gasteiger partial charge in [-0.2, -0.15) is 9.97 Å². The lowest BCUT2D eigenvalue weighted by Crippen LogP contribution is -2.25. The molecule has 11 aromatic rings. The molecule has 0 atom stereocenters. The maximum absolute atomic E-state index is 5.47. The highest BCUT2D eigenvalue weighted by Gasteiger charge is 2.52. The minimum Gasteiger partial charge on any atom is -0.278 e. The van der Waals surface area contributed by atoms with Crippen molar-refractivity contribution in [3.05, 3.63) is 241 Å². The van der Waals surface area contributed by atoms with E-state index in [0.29, 0.717) is 17.6 Å². The van der Waals surface area contributed by atoms with E-state index in [4.69, 9.17) is 15.0 Å². The molecule has 288 valence electrons. The SMILES string of the molecule is c1ccc(-c2ccccc2-c2nc(-c3ccccc3-c3ccccc3)nc(-n3c4ccccc4c4c5c(ccc43)C3(c4ccccc4-c4ccccc43)c3ccccc3-5)n2)cc1. The van der Waals surface area contributed by atoms with E-state index in [1.54, 1.807) is 0 Å². The van der Waals surface area contributed by atoms with E-state index >= 15 is 0 Å². The van der Waals surface area contributed by atoms with Crippen LogP contribution in [0.3, 0.4) is 0 Å². The minimum absolute atomic E-state index is 0.452. The zero-order valence-corrected chi connectivity index (χ0v) is 33.6. The van der Waals surface area contributed by atoms with E-state index in [0.717, 1.165) is 49.8 Å². The summed E-state index contributed by atoms with van der Waals surface area (Å²) in [6.45, 7) is 0. The summed E-state index contributed by atoms with van der Waals surface area (Å²) >= 11 is 0. The summed E-state index contributed by atoms with van der Waals surface area (Å²) in [5.41, 5.74) is 18.2. The summed E-state index contributed by atoms with van der Waals surface area (Å²) in [5.74, 6) is 1.80. The van der Waals surface area contributed by atoms with Crippen molar-refractivity contribution in [1.29, 1.82) is 0 Å². The zero-order chi connectivity index (χ0) is 40.8. The molecule has 1 spiro atoms. The Kier molecular flexibility index (Phi) is 7.49. The molecule has 0 radical (unpaired) electrons. The third-order valence-corrected chi connectivity index (χ3v) is 13.1. The van der Waals surface area contributed by atoms with Crippen LogP contribution < -0.4 is 0 Å². The molecule has 0 amide bonds. The molecule has 2 aromatic heterocycles. The summed E-state index contributed by atoms with van der Waals surface area (Å²) in [5, 5.41) is 2.35. The Labute approximate surface area is 359 Å². The zero-order valence-electron chi connectivity index (χ0n) is 33.6. The van der Waals surface area contributed by atoms with E-state index < -0.39 is 5.41 Å². The van der Waals surface area contributed by atoms with Crippen molar-refractivity contribution in [2.24, 2.45) is 0 Å². The quantitative estimate of drug-likeness (QED) is 0.174. The Morgan fingerprint density at radius 1 is 0.306 bits per heavy atom. The summed E-state index contributed by atoms with van der Waals surface area (Å²) in [4.78, 5) is 16.3. The van der Waals surface area contributed by atoms with Gasteiger partial charge >= 0.3 is 0 Å². The van der Waals surface area contributed by atoms with E-state index in [1.807, 2.05) is 0 Å². The molecule has 4 heteroatoms. The first kappa shape index (κ1) is 34.6. The number of fused-ring (bicyclic) bond motifs is 14. The lowest BCUT2D eigenvalue weighted by Gasteiger charge is -2.30. The van der Waals surface area contributed by atoms with Crippen LogP contribution in [0, 0.1) is 0 Å². The molecule has 0 N–H and O–H groups in total. The van der Waals surface area contributed by atoms with Gasteiger partial charge < -0.3 is 0 Å². The van der Waals surface area contributed by atoms with Gasteiger partial charge in [0.05, 0.1) is 16.4 Å². The molecular weight excluding hydrogens is 753 g/mol. The number of para-hydroxylation sites is 1. The van der Waals surface area contributed by atoms with Crippen molar-refractivity contribution in [2.75, 3.05) is 0 Å². The molecule has 2 aliphatic rings. The second-order valence-corrected chi connectivity index (χ2v) is 16.2. The van der Waals surface area contributed by atoms with E-state index in [-0.39, 0.29) is 0 Å². The van der Waals surface area contributed by atoms with Crippen LogP contribution in [-0.2, 0) is 5.41 Å². The van der Waals surface area contributed by atoms with Gasteiger partial charge in [0.15, 0.2) is 11.6 Å². The van der Waals surface area contributed by atoms with Crippen LogP contribution in [-0.4, -0.2) is 19.5 Å². The van der Waals surface area contributed by atoms with Crippen molar-refractivity contribution < 1.29 is 0 Å². The van der Waals surface area contributed by atoms with Gasteiger partial charge in [-0.3, -0.25) is 4.57 Å². The summed E-state index contributed by atoms with van der Waals surface area (Å²) in [6, 6.07) is 78.3. The molecule has 4 nitrogen and oxygen atoms in total. The molecule has 62 heavy (non-hydrogen) atoms. The molecule has 13 rings (SSSR count). The number of hydrogen-bond donors (Lipinski definition) is 0. The van der Waals surface area contributed by atoms with Crippen molar-refractivity contribution in [1.82, 2.24) is 19.5 Å². The van der Waals surface area contributed by atoms with Crippen LogP contribution in [0.25, 0.3) is 95.0 Å². The molecule has 0 unspecified atom stereocenters. The van der Waals surface area contributed by atoms with Crippen LogP contribution in [0.5, 0.6) is 0 Å². The Bertz CT molecular complexity index is 3440. The lowest BCUT2D eigenvalue weighted by atomic mass is 9.70. The normalized spacial score (nSPS) is 13.0. The number of nitrogens with zero attached hydrogens (tertiary/aromatic N) is 4. The van der Waals surface area contributed by atoms with Gasteiger partial charge in [-0.15, -0.1) is 0 Å². The predicted molar refractivity (Wildman–Crippen MR) is 252 cm³/mol.